The van der Waals surface area contributed by atoms with Gasteiger partial charge in [0.15, 0.2) is 6.10 Å². The third kappa shape index (κ3) is 3.52. The number of thiophene rings is 1. The maximum absolute atomic E-state index is 12.2. The van der Waals surface area contributed by atoms with E-state index in [1.54, 1.807) is 6.20 Å². The van der Waals surface area contributed by atoms with E-state index in [1.165, 1.54) is 11.3 Å². The Labute approximate surface area is 166 Å². The number of aryl methyl sites for hydroxylation is 1. The Kier molecular flexibility index (Phi) is 5.04. The van der Waals surface area contributed by atoms with Crippen LogP contribution in [0.5, 0.6) is 5.75 Å². The molecule has 1 amide bonds. The summed E-state index contributed by atoms with van der Waals surface area (Å²) in [7, 11) is 0. The smallest absolute Gasteiger partial charge is 0.261 e. The number of benzene rings is 1. The molecule has 1 aliphatic heterocycles. The van der Waals surface area contributed by atoms with E-state index >= 15 is 0 Å². The first-order valence-electron chi connectivity index (χ1n) is 8.80. The van der Waals surface area contributed by atoms with Gasteiger partial charge >= 0.3 is 0 Å². The average molecular weight is 403 g/mol. The highest BCUT2D eigenvalue weighted by Gasteiger charge is 2.26. The van der Waals surface area contributed by atoms with E-state index in [1.807, 2.05) is 31.2 Å². The highest BCUT2D eigenvalue weighted by Crippen LogP contribution is 2.41. The monoisotopic (exact) mass is 402 g/mol. The van der Waals surface area contributed by atoms with Gasteiger partial charge in [0.25, 0.3) is 5.91 Å². The van der Waals surface area contributed by atoms with Crippen molar-refractivity contribution in [1.29, 1.82) is 0 Å². The number of aliphatic hydroxyl groups is 1. The number of nitrogens with zero attached hydrogens (tertiary/aromatic N) is 1. The van der Waals surface area contributed by atoms with Gasteiger partial charge in [-0.15, -0.1) is 11.3 Å². The zero-order valence-corrected chi connectivity index (χ0v) is 16.4. The van der Waals surface area contributed by atoms with Crippen LogP contribution in [0.2, 0.25) is 5.02 Å². The Hall–Kier alpha value is -2.15. The van der Waals surface area contributed by atoms with Gasteiger partial charge in [0.05, 0.1) is 16.8 Å². The van der Waals surface area contributed by atoms with Gasteiger partial charge in [-0.05, 0) is 49.6 Å². The molecular formula is C20H19ClN2O3S. The maximum Gasteiger partial charge on any atom is 0.261 e. The molecule has 27 heavy (non-hydrogen) atoms. The number of carbonyl (C=O) groups is 1. The Morgan fingerprint density at radius 2 is 2.22 bits per heavy atom. The molecule has 0 spiro atoms. The van der Waals surface area contributed by atoms with Gasteiger partial charge in [0.1, 0.15) is 5.75 Å². The van der Waals surface area contributed by atoms with E-state index in [9.17, 15) is 9.90 Å². The zero-order valence-electron chi connectivity index (χ0n) is 14.8. The van der Waals surface area contributed by atoms with E-state index < -0.39 is 6.10 Å². The lowest BCUT2D eigenvalue weighted by molar-refractivity contribution is -0.129. The SMILES string of the molecule is Cc1cc(Cl)cc(-c2ccnc3cc(CO)sc23)c1OC1CCCNC1=O. The van der Waals surface area contributed by atoms with Gasteiger partial charge in [-0.25, -0.2) is 0 Å². The molecule has 2 aromatic heterocycles. The lowest BCUT2D eigenvalue weighted by Gasteiger charge is -2.25. The minimum Gasteiger partial charge on any atom is -0.480 e. The van der Waals surface area contributed by atoms with Crippen molar-refractivity contribution in [2.75, 3.05) is 6.54 Å². The van der Waals surface area contributed by atoms with E-state index in [0.717, 1.165) is 38.2 Å². The quantitative estimate of drug-likeness (QED) is 0.689. The molecule has 1 unspecified atom stereocenters. The van der Waals surface area contributed by atoms with Crippen molar-refractivity contribution >= 4 is 39.1 Å². The van der Waals surface area contributed by atoms with Gasteiger partial charge in [-0.1, -0.05) is 11.6 Å². The summed E-state index contributed by atoms with van der Waals surface area (Å²) in [4.78, 5) is 17.4. The third-order valence-electron chi connectivity index (χ3n) is 4.64. The third-order valence-corrected chi connectivity index (χ3v) is 6.00. The van der Waals surface area contributed by atoms with Crippen molar-refractivity contribution < 1.29 is 14.6 Å². The van der Waals surface area contributed by atoms with E-state index in [0.29, 0.717) is 23.7 Å². The predicted octanol–water partition coefficient (Wildman–Crippen LogP) is 4.07. The van der Waals surface area contributed by atoms with E-state index in [-0.39, 0.29) is 12.5 Å². The van der Waals surface area contributed by atoms with Crippen LogP contribution in [0.4, 0.5) is 0 Å². The molecule has 7 heteroatoms. The number of aromatic nitrogens is 1. The summed E-state index contributed by atoms with van der Waals surface area (Å²) in [6, 6.07) is 7.50. The summed E-state index contributed by atoms with van der Waals surface area (Å²) in [5.41, 5.74) is 3.46. The van der Waals surface area contributed by atoms with Crippen LogP contribution in [0.3, 0.4) is 0 Å². The van der Waals surface area contributed by atoms with Gasteiger partial charge in [-0.3, -0.25) is 9.78 Å². The van der Waals surface area contributed by atoms with Crippen LogP contribution >= 0.6 is 22.9 Å². The number of fused-ring (bicyclic) bond motifs is 1. The number of amides is 1. The second kappa shape index (κ2) is 7.46. The van der Waals surface area contributed by atoms with Crippen LogP contribution < -0.4 is 10.1 Å². The molecule has 1 aromatic carbocycles. The fourth-order valence-electron chi connectivity index (χ4n) is 3.36. The number of pyridine rings is 1. The highest BCUT2D eigenvalue weighted by atomic mass is 35.5. The number of carbonyl (C=O) groups excluding carboxylic acids is 1. The van der Waals surface area contributed by atoms with Gasteiger partial charge < -0.3 is 15.2 Å². The predicted molar refractivity (Wildman–Crippen MR) is 107 cm³/mol. The fraction of sp³-hybridized carbons (Fsp3) is 0.300. The topological polar surface area (TPSA) is 71.5 Å². The molecule has 0 radical (unpaired) electrons. The fourth-order valence-corrected chi connectivity index (χ4v) is 4.64. The van der Waals surface area contributed by atoms with Gasteiger partial charge in [-0.2, -0.15) is 0 Å². The number of aliphatic hydroxyl groups excluding tert-OH is 1. The molecule has 0 saturated carbocycles. The molecule has 5 nitrogen and oxygen atoms in total. The van der Waals surface area contributed by atoms with Crippen LogP contribution in [-0.4, -0.2) is 28.6 Å². The lowest BCUT2D eigenvalue weighted by Crippen LogP contribution is -2.43. The molecule has 140 valence electrons. The Morgan fingerprint density at radius 3 is 3.00 bits per heavy atom. The van der Waals surface area contributed by atoms with Crippen molar-refractivity contribution in [3.63, 3.8) is 0 Å². The van der Waals surface area contributed by atoms with Crippen LogP contribution in [-0.2, 0) is 11.4 Å². The summed E-state index contributed by atoms with van der Waals surface area (Å²) in [5.74, 6) is 0.577. The van der Waals surface area contributed by atoms with Crippen LogP contribution in [0.25, 0.3) is 21.3 Å². The number of nitrogens with one attached hydrogen (secondary N) is 1. The van der Waals surface area contributed by atoms with Crippen molar-refractivity contribution in [2.24, 2.45) is 0 Å². The number of hydrogen-bond acceptors (Lipinski definition) is 5. The largest absolute Gasteiger partial charge is 0.480 e. The van der Waals surface area contributed by atoms with Gasteiger partial charge in [0, 0.05) is 33.8 Å². The maximum atomic E-state index is 12.2. The minimum absolute atomic E-state index is 0.0271. The summed E-state index contributed by atoms with van der Waals surface area (Å²) >= 11 is 7.84. The highest BCUT2D eigenvalue weighted by molar-refractivity contribution is 7.19. The molecule has 1 saturated heterocycles. The number of hydrogen-bond donors (Lipinski definition) is 2. The minimum atomic E-state index is -0.508. The second-order valence-corrected chi connectivity index (χ2v) is 8.16. The standard InChI is InChI=1S/C20H19ClN2O3S/c1-11-7-12(21)8-15(18(11)26-17-3-2-5-23-20(17)25)14-4-6-22-16-9-13(10-24)27-19(14)16/h4,6-9,17,24H,2-3,5,10H2,1H3,(H,23,25). The summed E-state index contributed by atoms with van der Waals surface area (Å²) in [6.07, 6.45) is 2.81. The van der Waals surface area contributed by atoms with Crippen LogP contribution in [0, 0.1) is 6.92 Å². The molecule has 2 N–H and O–H groups in total. The number of piperidine rings is 1. The Morgan fingerprint density at radius 1 is 1.37 bits per heavy atom. The van der Waals surface area contributed by atoms with Crippen molar-refractivity contribution in [3.05, 3.63) is 45.9 Å². The molecule has 0 aliphatic carbocycles. The average Bonchev–Trinajstić information content (AvgIpc) is 3.08. The van der Waals surface area contributed by atoms with Crippen LogP contribution in [0.15, 0.2) is 30.5 Å². The first-order valence-corrected chi connectivity index (χ1v) is 9.99. The first kappa shape index (κ1) is 18.2. The van der Waals surface area contributed by atoms with Crippen molar-refractivity contribution in [1.82, 2.24) is 10.3 Å². The molecule has 1 aliphatic rings. The van der Waals surface area contributed by atoms with E-state index in [4.69, 9.17) is 16.3 Å². The second-order valence-electron chi connectivity index (χ2n) is 6.58. The molecule has 0 bridgehead atoms. The number of ether oxygens (including phenoxy) is 1. The van der Waals surface area contributed by atoms with Gasteiger partial charge in [0.2, 0.25) is 0 Å². The Bertz CT molecular complexity index is 1020. The zero-order chi connectivity index (χ0) is 19.0. The number of rotatable bonds is 4. The Balaban J connectivity index is 1.85. The molecule has 3 heterocycles. The number of halogens is 1. The molecule has 1 fully saturated rings. The molecular weight excluding hydrogens is 384 g/mol. The molecule has 3 aromatic rings. The lowest BCUT2D eigenvalue weighted by atomic mass is 10.0. The summed E-state index contributed by atoms with van der Waals surface area (Å²) in [6.45, 7) is 2.59. The molecule has 4 rings (SSSR count). The molecule has 1 atom stereocenters. The van der Waals surface area contributed by atoms with Crippen molar-refractivity contribution in [2.45, 2.75) is 32.5 Å². The van der Waals surface area contributed by atoms with E-state index in [2.05, 4.69) is 10.3 Å². The summed E-state index contributed by atoms with van der Waals surface area (Å²) in [5, 5.41) is 12.9. The normalized spacial score (nSPS) is 17.1. The van der Waals surface area contributed by atoms with Crippen molar-refractivity contribution in [3.8, 4) is 16.9 Å². The first-order chi connectivity index (χ1) is 13.1. The summed E-state index contributed by atoms with van der Waals surface area (Å²) < 4.78 is 7.14. The van der Waals surface area contributed by atoms with Crippen LogP contribution in [0.1, 0.15) is 23.3 Å².